The molecule has 1 heterocycles. The van der Waals surface area contributed by atoms with Gasteiger partial charge in [-0.3, -0.25) is 25.1 Å². The molecule has 2 aromatic carbocycles. The van der Waals surface area contributed by atoms with Crippen molar-refractivity contribution in [3.63, 3.8) is 0 Å². The van der Waals surface area contributed by atoms with Crippen LogP contribution in [-0.4, -0.2) is 23.8 Å². The average Bonchev–Trinajstić information content (AvgIpc) is 2.90. The summed E-state index contributed by atoms with van der Waals surface area (Å²) in [4.78, 5) is 35.3. The summed E-state index contributed by atoms with van der Waals surface area (Å²) in [5, 5.41) is 12.1. The molecular formula is C18H15N3O5. The molecule has 0 saturated carbocycles. The minimum absolute atomic E-state index is 0.135. The quantitative estimate of drug-likeness (QED) is 0.393. The van der Waals surface area contributed by atoms with Gasteiger partial charge in [-0.15, -0.1) is 0 Å². The van der Waals surface area contributed by atoms with Gasteiger partial charge in [-0.1, -0.05) is 17.7 Å². The first-order valence-corrected chi connectivity index (χ1v) is 7.67. The van der Waals surface area contributed by atoms with Gasteiger partial charge in [0.2, 0.25) is 0 Å². The highest BCUT2D eigenvalue weighted by Gasteiger charge is 2.34. The maximum absolute atomic E-state index is 12.6. The lowest BCUT2D eigenvalue weighted by Gasteiger charge is -2.14. The zero-order valence-electron chi connectivity index (χ0n) is 14.1. The predicted octanol–water partition coefficient (Wildman–Crippen LogP) is 2.37. The number of hydrogen-bond donors (Lipinski definition) is 1. The fourth-order valence-corrected chi connectivity index (χ4v) is 2.54. The van der Waals surface area contributed by atoms with Crippen molar-refractivity contribution in [3.05, 3.63) is 69.3 Å². The average molecular weight is 353 g/mol. The van der Waals surface area contributed by atoms with Crippen LogP contribution in [0.3, 0.4) is 0 Å². The molecule has 0 atom stereocenters. The monoisotopic (exact) mass is 353 g/mol. The van der Waals surface area contributed by atoms with Crippen molar-refractivity contribution in [3.8, 4) is 5.75 Å². The Labute approximate surface area is 148 Å². The number of hydrazine groups is 1. The SMILES string of the molecule is COc1ccc([N+](=O)[O-])cc1/C=C1/C(=O)NN(c2ccc(C)cc2)C1=O. The molecule has 8 nitrogen and oxygen atoms in total. The molecule has 1 aliphatic rings. The zero-order chi connectivity index (χ0) is 18.8. The number of hydrogen-bond acceptors (Lipinski definition) is 5. The van der Waals surface area contributed by atoms with Crippen LogP contribution in [-0.2, 0) is 9.59 Å². The normalized spacial score (nSPS) is 15.3. The van der Waals surface area contributed by atoms with E-state index in [1.54, 1.807) is 12.1 Å². The molecule has 0 unspecified atom stereocenters. The number of nitro groups is 1. The highest BCUT2D eigenvalue weighted by Crippen LogP contribution is 2.28. The molecule has 0 bridgehead atoms. The number of ether oxygens (including phenoxy) is 1. The number of rotatable bonds is 4. The van der Waals surface area contributed by atoms with Crippen LogP contribution in [0, 0.1) is 17.0 Å². The van der Waals surface area contributed by atoms with Crippen molar-refractivity contribution in [1.82, 2.24) is 5.43 Å². The number of methoxy groups -OCH3 is 1. The maximum atomic E-state index is 12.6. The van der Waals surface area contributed by atoms with Crippen LogP contribution < -0.4 is 15.2 Å². The van der Waals surface area contributed by atoms with Gasteiger partial charge in [0, 0.05) is 17.7 Å². The van der Waals surface area contributed by atoms with Gasteiger partial charge in [-0.25, -0.2) is 5.01 Å². The second-order valence-corrected chi connectivity index (χ2v) is 5.66. The first-order chi connectivity index (χ1) is 12.4. The smallest absolute Gasteiger partial charge is 0.282 e. The Balaban J connectivity index is 2.00. The summed E-state index contributed by atoms with van der Waals surface area (Å²) in [7, 11) is 1.40. The molecule has 8 heteroatoms. The highest BCUT2D eigenvalue weighted by atomic mass is 16.6. The summed E-state index contributed by atoms with van der Waals surface area (Å²) in [6.07, 6.45) is 1.29. The van der Waals surface area contributed by atoms with Crippen molar-refractivity contribution in [2.24, 2.45) is 0 Å². The number of non-ortho nitro benzene ring substituents is 1. The summed E-state index contributed by atoms with van der Waals surface area (Å²) in [6, 6.07) is 11.0. The Morgan fingerprint density at radius 1 is 1.15 bits per heavy atom. The van der Waals surface area contributed by atoms with E-state index in [1.165, 1.54) is 31.4 Å². The van der Waals surface area contributed by atoms with Gasteiger partial charge in [0.25, 0.3) is 17.5 Å². The van der Waals surface area contributed by atoms with Gasteiger partial charge >= 0.3 is 0 Å². The second kappa shape index (κ2) is 6.67. The first kappa shape index (κ1) is 17.2. The summed E-state index contributed by atoms with van der Waals surface area (Å²) in [5.74, 6) is -0.825. The molecule has 1 N–H and O–H groups in total. The summed E-state index contributed by atoms with van der Waals surface area (Å²) in [5.41, 5.74) is 3.99. The number of nitro benzene ring substituents is 1. The molecule has 2 aromatic rings. The fourth-order valence-electron chi connectivity index (χ4n) is 2.54. The summed E-state index contributed by atoms with van der Waals surface area (Å²) < 4.78 is 5.16. The predicted molar refractivity (Wildman–Crippen MR) is 94.4 cm³/mol. The number of carbonyl (C=O) groups excluding carboxylic acids is 2. The van der Waals surface area contributed by atoms with E-state index >= 15 is 0 Å². The van der Waals surface area contributed by atoms with E-state index in [-0.39, 0.29) is 16.8 Å². The Morgan fingerprint density at radius 2 is 1.85 bits per heavy atom. The standard InChI is InChI=1S/C18H15N3O5/c1-11-3-5-13(6-4-11)20-18(23)15(17(22)19-20)10-12-9-14(21(24)25)7-8-16(12)26-2/h3-10H,1-2H3,(H,19,22)/b15-10-. The van der Waals surface area contributed by atoms with Gasteiger partial charge in [-0.05, 0) is 31.2 Å². The Morgan fingerprint density at radius 3 is 2.46 bits per heavy atom. The van der Waals surface area contributed by atoms with Crippen LogP contribution in [0.15, 0.2) is 48.0 Å². The number of anilines is 1. The zero-order valence-corrected chi connectivity index (χ0v) is 14.1. The number of nitrogens with zero attached hydrogens (tertiary/aromatic N) is 2. The van der Waals surface area contributed by atoms with E-state index < -0.39 is 16.7 Å². The van der Waals surface area contributed by atoms with Gasteiger partial charge in [0.15, 0.2) is 0 Å². The number of nitrogens with one attached hydrogen (secondary N) is 1. The molecule has 26 heavy (non-hydrogen) atoms. The van der Waals surface area contributed by atoms with Crippen LogP contribution >= 0.6 is 0 Å². The lowest BCUT2D eigenvalue weighted by molar-refractivity contribution is -0.384. The van der Waals surface area contributed by atoms with E-state index in [0.29, 0.717) is 11.4 Å². The molecule has 0 aromatic heterocycles. The topological polar surface area (TPSA) is 102 Å². The van der Waals surface area contributed by atoms with Crippen molar-refractivity contribution < 1.29 is 19.2 Å². The van der Waals surface area contributed by atoms with Gasteiger partial charge in [-0.2, -0.15) is 0 Å². The minimum atomic E-state index is -0.593. The summed E-state index contributed by atoms with van der Waals surface area (Å²) in [6.45, 7) is 1.91. The second-order valence-electron chi connectivity index (χ2n) is 5.66. The van der Waals surface area contributed by atoms with Crippen LogP contribution in [0.2, 0.25) is 0 Å². The molecule has 1 aliphatic heterocycles. The lowest BCUT2D eigenvalue weighted by Crippen LogP contribution is -2.35. The van der Waals surface area contributed by atoms with Crippen LogP contribution in [0.4, 0.5) is 11.4 Å². The van der Waals surface area contributed by atoms with E-state index in [1.807, 2.05) is 19.1 Å². The van der Waals surface area contributed by atoms with Gasteiger partial charge in [0.1, 0.15) is 11.3 Å². The number of amides is 2. The molecule has 0 radical (unpaired) electrons. The maximum Gasteiger partial charge on any atom is 0.282 e. The molecule has 1 fully saturated rings. The Hall–Kier alpha value is -3.68. The third-order valence-electron chi connectivity index (χ3n) is 3.91. The number of aryl methyl sites for hydroxylation is 1. The van der Waals surface area contributed by atoms with Crippen molar-refractivity contribution in [2.75, 3.05) is 12.1 Å². The molecule has 3 rings (SSSR count). The van der Waals surface area contributed by atoms with E-state index in [2.05, 4.69) is 5.43 Å². The van der Waals surface area contributed by atoms with Gasteiger partial charge in [0.05, 0.1) is 17.7 Å². The number of benzene rings is 2. The Kier molecular flexibility index (Phi) is 4.40. The summed E-state index contributed by atoms with van der Waals surface area (Å²) >= 11 is 0. The van der Waals surface area contributed by atoms with Crippen molar-refractivity contribution in [2.45, 2.75) is 6.92 Å². The molecule has 0 aliphatic carbocycles. The van der Waals surface area contributed by atoms with Crippen LogP contribution in [0.5, 0.6) is 5.75 Å². The van der Waals surface area contributed by atoms with Gasteiger partial charge < -0.3 is 4.74 Å². The molecule has 1 saturated heterocycles. The molecule has 2 amide bonds. The third kappa shape index (κ3) is 3.12. The van der Waals surface area contributed by atoms with E-state index in [0.717, 1.165) is 10.6 Å². The van der Waals surface area contributed by atoms with E-state index in [9.17, 15) is 19.7 Å². The van der Waals surface area contributed by atoms with Crippen LogP contribution in [0.25, 0.3) is 6.08 Å². The van der Waals surface area contributed by atoms with Crippen molar-refractivity contribution in [1.29, 1.82) is 0 Å². The van der Waals surface area contributed by atoms with Crippen molar-refractivity contribution >= 4 is 29.3 Å². The molecule has 0 spiro atoms. The Bertz CT molecular complexity index is 934. The highest BCUT2D eigenvalue weighted by molar-refractivity contribution is 6.31. The number of carbonyl (C=O) groups is 2. The van der Waals surface area contributed by atoms with E-state index in [4.69, 9.17) is 4.74 Å². The molecular weight excluding hydrogens is 338 g/mol. The first-order valence-electron chi connectivity index (χ1n) is 7.67. The van der Waals surface area contributed by atoms with Crippen LogP contribution in [0.1, 0.15) is 11.1 Å². The molecule has 132 valence electrons. The minimum Gasteiger partial charge on any atom is -0.496 e. The largest absolute Gasteiger partial charge is 0.496 e. The fraction of sp³-hybridized carbons (Fsp3) is 0.111. The lowest BCUT2D eigenvalue weighted by atomic mass is 10.1. The third-order valence-corrected chi connectivity index (χ3v) is 3.91.